The highest BCUT2D eigenvalue weighted by Crippen LogP contribution is 2.31. The van der Waals surface area contributed by atoms with Crippen molar-refractivity contribution in [1.29, 1.82) is 0 Å². The van der Waals surface area contributed by atoms with Crippen LogP contribution in [0, 0.1) is 11.6 Å². The monoisotopic (exact) mass is 438 g/mol. The molecule has 1 aliphatic rings. The Morgan fingerprint density at radius 1 is 1.13 bits per heavy atom. The molecule has 0 spiro atoms. The third kappa shape index (κ3) is 4.84. The Bertz CT molecular complexity index is 1010. The highest BCUT2D eigenvalue weighted by Gasteiger charge is 2.49. The van der Waals surface area contributed by atoms with Gasteiger partial charge in [0.1, 0.15) is 24.4 Å². The first kappa shape index (κ1) is 22.3. The first-order valence-electron chi connectivity index (χ1n) is 9.24. The van der Waals surface area contributed by atoms with Crippen molar-refractivity contribution in [3.05, 3.63) is 59.7 Å². The van der Waals surface area contributed by atoms with Crippen molar-refractivity contribution in [2.75, 3.05) is 19.8 Å². The zero-order valence-corrected chi connectivity index (χ0v) is 16.1. The van der Waals surface area contributed by atoms with Gasteiger partial charge in [-0.1, -0.05) is 12.1 Å². The summed E-state index contributed by atoms with van der Waals surface area (Å²) in [6.07, 6.45) is -0.667. The molecular formula is C21H18F4N2O4. The zero-order chi connectivity index (χ0) is 22.8. The van der Waals surface area contributed by atoms with Gasteiger partial charge in [-0.3, -0.25) is 9.59 Å². The van der Waals surface area contributed by atoms with E-state index < -0.39 is 67.3 Å². The van der Waals surface area contributed by atoms with Gasteiger partial charge in [-0.25, -0.2) is 22.4 Å². The van der Waals surface area contributed by atoms with Crippen molar-refractivity contribution in [2.45, 2.75) is 18.1 Å². The summed E-state index contributed by atoms with van der Waals surface area (Å²) >= 11 is 0. The second kappa shape index (κ2) is 8.75. The Morgan fingerprint density at radius 2 is 1.81 bits per heavy atom. The fourth-order valence-electron chi connectivity index (χ4n) is 3.40. The molecule has 0 aromatic heterocycles. The summed E-state index contributed by atoms with van der Waals surface area (Å²) in [6.45, 7) is -2.75. The van der Waals surface area contributed by atoms with Gasteiger partial charge in [0.05, 0.1) is 13.1 Å². The maximum absolute atomic E-state index is 14.2. The summed E-state index contributed by atoms with van der Waals surface area (Å²) in [5, 5.41) is 11.4. The first-order valence-corrected chi connectivity index (χ1v) is 9.24. The zero-order valence-electron chi connectivity index (χ0n) is 16.1. The molecule has 0 saturated carbocycles. The number of rotatable bonds is 6. The molecule has 0 bridgehead atoms. The number of carboxylic acids is 1. The lowest BCUT2D eigenvalue weighted by Crippen LogP contribution is -2.46. The molecule has 1 heterocycles. The highest BCUT2D eigenvalue weighted by molar-refractivity contribution is 5.97. The van der Waals surface area contributed by atoms with Crippen molar-refractivity contribution in [1.82, 2.24) is 10.2 Å². The SMILES string of the molecule is O=C(NCC(=O)N1C[C@@](F)(CF)C[C@H]1C(=O)O)c1ccc(-c2ccc(F)cc2F)cc1. The van der Waals surface area contributed by atoms with E-state index in [9.17, 15) is 31.9 Å². The molecule has 1 fully saturated rings. The molecule has 0 aliphatic carbocycles. The van der Waals surface area contributed by atoms with Gasteiger partial charge in [0.25, 0.3) is 5.91 Å². The maximum Gasteiger partial charge on any atom is 0.326 e. The van der Waals surface area contributed by atoms with Gasteiger partial charge < -0.3 is 15.3 Å². The molecule has 2 aromatic rings. The lowest BCUT2D eigenvalue weighted by Gasteiger charge is -2.21. The van der Waals surface area contributed by atoms with Crippen LogP contribution in [0.3, 0.4) is 0 Å². The Balaban J connectivity index is 1.64. The summed E-state index contributed by atoms with van der Waals surface area (Å²) in [5.74, 6) is -4.49. The van der Waals surface area contributed by atoms with Crippen LogP contribution >= 0.6 is 0 Å². The minimum Gasteiger partial charge on any atom is -0.480 e. The van der Waals surface area contributed by atoms with Crippen LogP contribution in [0.15, 0.2) is 42.5 Å². The number of nitrogens with one attached hydrogen (secondary N) is 1. The van der Waals surface area contributed by atoms with E-state index in [0.29, 0.717) is 10.5 Å². The number of carboxylic acid groups (broad SMARTS) is 1. The average molecular weight is 438 g/mol. The third-order valence-electron chi connectivity index (χ3n) is 5.02. The van der Waals surface area contributed by atoms with Crippen molar-refractivity contribution < 1.29 is 37.1 Å². The molecule has 164 valence electrons. The van der Waals surface area contributed by atoms with E-state index in [-0.39, 0.29) is 11.1 Å². The Labute approximate surface area is 174 Å². The summed E-state index contributed by atoms with van der Waals surface area (Å²) in [6, 6.07) is 7.18. The molecule has 10 heteroatoms. The molecular weight excluding hydrogens is 420 g/mol. The average Bonchev–Trinajstić information content (AvgIpc) is 3.11. The minimum atomic E-state index is -2.44. The largest absolute Gasteiger partial charge is 0.480 e. The Hall–Kier alpha value is -3.43. The number of hydrogen-bond donors (Lipinski definition) is 2. The van der Waals surface area contributed by atoms with Crippen molar-refractivity contribution in [3.63, 3.8) is 0 Å². The normalized spacial score (nSPS) is 20.5. The van der Waals surface area contributed by atoms with Crippen LogP contribution in [0.1, 0.15) is 16.8 Å². The number of nitrogens with zero attached hydrogens (tertiary/aromatic N) is 1. The number of amides is 2. The number of aliphatic carboxylic acids is 1. The van der Waals surface area contributed by atoms with Crippen LogP contribution in [-0.4, -0.2) is 59.3 Å². The van der Waals surface area contributed by atoms with Crippen molar-refractivity contribution in [2.24, 2.45) is 0 Å². The minimum absolute atomic E-state index is 0.124. The van der Waals surface area contributed by atoms with Crippen LogP contribution < -0.4 is 5.32 Å². The fourth-order valence-corrected chi connectivity index (χ4v) is 3.40. The van der Waals surface area contributed by atoms with Crippen LogP contribution in [0.2, 0.25) is 0 Å². The van der Waals surface area contributed by atoms with Gasteiger partial charge >= 0.3 is 5.97 Å². The molecule has 1 aliphatic heterocycles. The maximum atomic E-state index is 14.2. The van der Waals surface area contributed by atoms with Gasteiger partial charge in [0.15, 0.2) is 5.67 Å². The van der Waals surface area contributed by atoms with Crippen LogP contribution in [0.25, 0.3) is 11.1 Å². The van der Waals surface area contributed by atoms with Gasteiger partial charge in [0, 0.05) is 23.6 Å². The van der Waals surface area contributed by atoms with E-state index in [1.165, 1.54) is 30.3 Å². The quantitative estimate of drug-likeness (QED) is 0.680. The predicted molar refractivity (Wildman–Crippen MR) is 102 cm³/mol. The van der Waals surface area contributed by atoms with Crippen LogP contribution in [-0.2, 0) is 9.59 Å². The highest BCUT2D eigenvalue weighted by atomic mass is 19.2. The number of benzene rings is 2. The van der Waals surface area contributed by atoms with Crippen molar-refractivity contribution in [3.8, 4) is 11.1 Å². The first-order chi connectivity index (χ1) is 14.6. The van der Waals surface area contributed by atoms with Gasteiger partial charge in [0.2, 0.25) is 5.91 Å². The lowest BCUT2D eigenvalue weighted by atomic mass is 10.0. The summed E-state index contributed by atoms with van der Waals surface area (Å²) < 4.78 is 54.0. The molecule has 1 saturated heterocycles. The number of halogens is 4. The number of likely N-dealkylation sites (tertiary alicyclic amines) is 1. The number of alkyl halides is 2. The third-order valence-corrected chi connectivity index (χ3v) is 5.02. The Morgan fingerprint density at radius 3 is 2.39 bits per heavy atom. The van der Waals surface area contributed by atoms with Crippen molar-refractivity contribution >= 4 is 17.8 Å². The molecule has 2 aromatic carbocycles. The second-order valence-electron chi connectivity index (χ2n) is 7.25. The molecule has 0 radical (unpaired) electrons. The Kier molecular flexibility index (Phi) is 6.28. The molecule has 2 N–H and O–H groups in total. The number of carbonyl (C=O) groups excluding carboxylic acids is 2. The topological polar surface area (TPSA) is 86.7 Å². The molecule has 2 atom stereocenters. The summed E-state index contributed by atoms with van der Waals surface area (Å²) in [7, 11) is 0. The predicted octanol–water partition coefficient (Wildman–Crippen LogP) is 2.72. The summed E-state index contributed by atoms with van der Waals surface area (Å²) in [4.78, 5) is 36.5. The lowest BCUT2D eigenvalue weighted by molar-refractivity contribution is -0.147. The molecule has 0 unspecified atom stereocenters. The van der Waals surface area contributed by atoms with E-state index >= 15 is 0 Å². The van der Waals surface area contributed by atoms with Gasteiger partial charge in [-0.2, -0.15) is 0 Å². The van der Waals surface area contributed by atoms with Crippen LogP contribution in [0.4, 0.5) is 17.6 Å². The van der Waals surface area contributed by atoms with Gasteiger partial charge in [-0.15, -0.1) is 0 Å². The van der Waals surface area contributed by atoms with Crippen LogP contribution in [0.5, 0.6) is 0 Å². The standard InChI is InChI=1S/C21H18F4N2O4/c22-10-21(25)8-17(20(30)31)27(11-21)18(28)9-26-19(29)13-3-1-12(2-4-13)15-6-5-14(23)7-16(15)24/h1-7,17H,8-11H2,(H,26,29)(H,30,31)/t17-,21-/m0/s1. The second-order valence-corrected chi connectivity index (χ2v) is 7.25. The van der Waals surface area contributed by atoms with E-state index in [2.05, 4.69) is 5.32 Å². The smallest absolute Gasteiger partial charge is 0.326 e. The number of hydrogen-bond acceptors (Lipinski definition) is 3. The van der Waals surface area contributed by atoms with E-state index in [1.807, 2.05) is 0 Å². The number of carbonyl (C=O) groups is 3. The fraction of sp³-hybridized carbons (Fsp3) is 0.286. The van der Waals surface area contributed by atoms with E-state index in [0.717, 1.165) is 12.1 Å². The molecule has 31 heavy (non-hydrogen) atoms. The molecule has 3 rings (SSSR count). The van der Waals surface area contributed by atoms with E-state index in [1.54, 1.807) is 0 Å². The van der Waals surface area contributed by atoms with Gasteiger partial charge in [-0.05, 0) is 29.8 Å². The summed E-state index contributed by atoms with van der Waals surface area (Å²) in [5.41, 5.74) is -1.77. The van der Waals surface area contributed by atoms with E-state index in [4.69, 9.17) is 5.11 Å². The molecule has 2 amide bonds. The molecule has 6 nitrogen and oxygen atoms in total.